The highest BCUT2D eigenvalue weighted by Gasteiger charge is 2.28. The molecule has 1 unspecified atom stereocenters. The van der Waals surface area contributed by atoms with E-state index in [4.69, 9.17) is 26.1 Å². The van der Waals surface area contributed by atoms with Gasteiger partial charge >= 0.3 is 0 Å². The lowest BCUT2D eigenvalue weighted by atomic mass is 9.94. The van der Waals surface area contributed by atoms with Crippen LogP contribution in [-0.2, 0) is 13.1 Å². The van der Waals surface area contributed by atoms with Crippen LogP contribution in [-0.4, -0.2) is 35.2 Å². The van der Waals surface area contributed by atoms with E-state index in [9.17, 15) is 0 Å². The minimum Gasteiger partial charge on any atom is -0.493 e. The monoisotopic (exact) mass is 495 g/mol. The second kappa shape index (κ2) is 11.5. The van der Waals surface area contributed by atoms with E-state index in [-0.39, 0.29) is 0 Å². The molecule has 35 heavy (non-hydrogen) atoms. The number of rotatable bonds is 9. The standard InChI is InChI=1S/C29H38ClN3O2/c1-6-7-17-33-24(28(30)31-29(33)27-20(2)11-10-12-21(27)3)19-32-16-9-8-13-23(32)22-14-15-25(34-4)26(18-22)35-5/h10-12,14-15,18,23H,6-9,13,16-17,19H2,1-5H3. The van der Waals surface area contributed by atoms with Crippen LogP contribution in [0, 0.1) is 13.8 Å². The first-order valence-corrected chi connectivity index (χ1v) is 13.1. The number of imidazole rings is 1. The lowest BCUT2D eigenvalue weighted by Crippen LogP contribution is -2.33. The lowest BCUT2D eigenvalue weighted by molar-refractivity contribution is 0.137. The number of benzene rings is 2. The second-order valence-electron chi connectivity index (χ2n) is 9.54. The Bertz CT molecular complexity index is 1140. The number of nitrogens with zero attached hydrogens (tertiary/aromatic N) is 3. The predicted octanol–water partition coefficient (Wildman–Crippen LogP) is 7.36. The summed E-state index contributed by atoms with van der Waals surface area (Å²) in [6.45, 7) is 9.28. The van der Waals surface area contributed by atoms with Gasteiger partial charge in [0.1, 0.15) is 5.82 Å². The molecule has 1 aliphatic rings. The van der Waals surface area contributed by atoms with Gasteiger partial charge in [-0.3, -0.25) is 4.90 Å². The SMILES string of the molecule is CCCCn1c(-c2c(C)cccc2C)nc(Cl)c1CN1CCCCC1c1ccc(OC)c(OC)c1. The highest BCUT2D eigenvalue weighted by atomic mass is 35.5. The van der Waals surface area contributed by atoms with E-state index in [2.05, 4.69) is 60.6 Å². The van der Waals surface area contributed by atoms with E-state index in [0.29, 0.717) is 11.2 Å². The van der Waals surface area contributed by atoms with Crippen LogP contribution in [0.1, 0.15) is 67.5 Å². The molecule has 1 fully saturated rings. The summed E-state index contributed by atoms with van der Waals surface area (Å²) in [4.78, 5) is 7.49. The van der Waals surface area contributed by atoms with Crippen molar-refractivity contribution in [2.24, 2.45) is 0 Å². The average Bonchev–Trinajstić information content (AvgIpc) is 3.16. The first-order valence-electron chi connectivity index (χ1n) is 12.8. The minimum absolute atomic E-state index is 0.304. The van der Waals surface area contributed by atoms with Gasteiger partial charge in [0.15, 0.2) is 16.7 Å². The number of hydrogen-bond donors (Lipinski definition) is 0. The molecule has 6 heteroatoms. The van der Waals surface area contributed by atoms with Crippen LogP contribution in [0.5, 0.6) is 11.5 Å². The Morgan fingerprint density at radius 1 is 1.03 bits per heavy atom. The Hall–Kier alpha value is -2.50. The van der Waals surface area contributed by atoms with Gasteiger partial charge in [0.2, 0.25) is 0 Å². The Morgan fingerprint density at radius 2 is 1.77 bits per heavy atom. The van der Waals surface area contributed by atoms with Crippen molar-refractivity contribution in [2.75, 3.05) is 20.8 Å². The predicted molar refractivity (Wildman–Crippen MR) is 144 cm³/mol. The Balaban J connectivity index is 1.72. The number of methoxy groups -OCH3 is 2. The molecule has 1 aromatic heterocycles. The quantitative estimate of drug-likeness (QED) is 0.310. The summed E-state index contributed by atoms with van der Waals surface area (Å²) in [5, 5.41) is 0.621. The summed E-state index contributed by atoms with van der Waals surface area (Å²) in [6, 6.07) is 13.0. The van der Waals surface area contributed by atoms with Crippen molar-refractivity contribution in [3.63, 3.8) is 0 Å². The normalized spacial score (nSPS) is 16.5. The lowest BCUT2D eigenvalue weighted by Gasteiger charge is -2.36. The number of unbranched alkanes of at least 4 members (excludes halogenated alkanes) is 1. The molecule has 0 saturated carbocycles. The molecule has 188 valence electrons. The van der Waals surface area contributed by atoms with Crippen LogP contribution in [0.3, 0.4) is 0 Å². The third kappa shape index (κ3) is 5.36. The molecule has 0 bridgehead atoms. The molecule has 0 amide bonds. The highest BCUT2D eigenvalue weighted by molar-refractivity contribution is 6.30. The number of hydrogen-bond acceptors (Lipinski definition) is 4. The van der Waals surface area contributed by atoms with Gasteiger partial charge in [-0.25, -0.2) is 4.98 Å². The van der Waals surface area contributed by atoms with Gasteiger partial charge in [-0.05, 0) is 68.5 Å². The third-order valence-corrected chi connectivity index (χ3v) is 7.53. The molecule has 2 aromatic carbocycles. The van der Waals surface area contributed by atoms with Gasteiger partial charge in [-0.2, -0.15) is 0 Å². The largest absolute Gasteiger partial charge is 0.493 e. The van der Waals surface area contributed by atoms with E-state index in [1.807, 2.05) is 6.07 Å². The summed E-state index contributed by atoms with van der Waals surface area (Å²) < 4.78 is 13.4. The fourth-order valence-electron chi connectivity index (χ4n) is 5.33. The van der Waals surface area contributed by atoms with Gasteiger partial charge in [0.25, 0.3) is 0 Å². The molecule has 1 saturated heterocycles. The van der Waals surface area contributed by atoms with Gasteiger partial charge in [0, 0.05) is 24.7 Å². The van der Waals surface area contributed by atoms with Crippen LogP contribution in [0.25, 0.3) is 11.4 Å². The van der Waals surface area contributed by atoms with Crippen LogP contribution >= 0.6 is 11.6 Å². The zero-order valence-electron chi connectivity index (χ0n) is 21.7. The van der Waals surface area contributed by atoms with Gasteiger partial charge in [-0.15, -0.1) is 0 Å². The summed E-state index contributed by atoms with van der Waals surface area (Å²) in [7, 11) is 3.37. The molecule has 5 nitrogen and oxygen atoms in total. The Morgan fingerprint density at radius 3 is 2.46 bits per heavy atom. The van der Waals surface area contributed by atoms with Crippen molar-refractivity contribution < 1.29 is 9.47 Å². The molecule has 3 aromatic rings. The molecular weight excluding hydrogens is 458 g/mol. The summed E-state index contributed by atoms with van der Waals surface area (Å²) in [5.74, 6) is 2.53. The number of piperidine rings is 1. The molecule has 2 heterocycles. The number of ether oxygens (including phenoxy) is 2. The summed E-state index contributed by atoms with van der Waals surface area (Å²) in [6.07, 6.45) is 5.73. The van der Waals surface area contributed by atoms with Crippen molar-refractivity contribution in [1.82, 2.24) is 14.5 Å². The minimum atomic E-state index is 0.304. The molecule has 0 N–H and O–H groups in total. The van der Waals surface area contributed by atoms with E-state index in [0.717, 1.165) is 61.9 Å². The zero-order chi connectivity index (χ0) is 24.9. The number of aryl methyl sites for hydroxylation is 2. The van der Waals surface area contributed by atoms with Crippen molar-refractivity contribution in [2.45, 2.75) is 72.0 Å². The molecule has 4 rings (SSSR count). The van der Waals surface area contributed by atoms with E-state index in [1.54, 1.807) is 14.2 Å². The first-order chi connectivity index (χ1) is 17.0. The average molecular weight is 496 g/mol. The zero-order valence-corrected chi connectivity index (χ0v) is 22.5. The van der Waals surface area contributed by atoms with E-state index in [1.165, 1.54) is 35.1 Å². The smallest absolute Gasteiger partial charge is 0.161 e. The molecule has 0 aliphatic carbocycles. The van der Waals surface area contributed by atoms with Crippen LogP contribution < -0.4 is 9.47 Å². The second-order valence-corrected chi connectivity index (χ2v) is 9.90. The highest BCUT2D eigenvalue weighted by Crippen LogP contribution is 2.38. The number of likely N-dealkylation sites (tertiary alicyclic amines) is 1. The fraction of sp³-hybridized carbons (Fsp3) is 0.483. The van der Waals surface area contributed by atoms with Crippen molar-refractivity contribution in [1.29, 1.82) is 0 Å². The van der Waals surface area contributed by atoms with Crippen LogP contribution in [0.4, 0.5) is 0 Å². The maximum Gasteiger partial charge on any atom is 0.161 e. The fourth-order valence-corrected chi connectivity index (χ4v) is 5.57. The summed E-state index contributed by atoms with van der Waals surface area (Å²) >= 11 is 6.89. The van der Waals surface area contributed by atoms with Crippen molar-refractivity contribution >= 4 is 11.6 Å². The third-order valence-electron chi connectivity index (χ3n) is 7.22. The van der Waals surface area contributed by atoms with Gasteiger partial charge in [0.05, 0.1) is 19.9 Å². The van der Waals surface area contributed by atoms with Crippen molar-refractivity contribution in [3.05, 3.63) is 63.9 Å². The number of aromatic nitrogens is 2. The first kappa shape index (κ1) is 25.6. The molecular formula is C29H38ClN3O2. The van der Waals surface area contributed by atoms with Crippen molar-refractivity contribution in [3.8, 4) is 22.9 Å². The molecule has 1 atom stereocenters. The van der Waals surface area contributed by atoms with E-state index < -0.39 is 0 Å². The Labute approximate surface area is 215 Å². The van der Waals surface area contributed by atoms with E-state index >= 15 is 0 Å². The van der Waals surface area contributed by atoms with Gasteiger partial charge in [-0.1, -0.05) is 55.6 Å². The van der Waals surface area contributed by atoms with Gasteiger partial charge < -0.3 is 14.0 Å². The Kier molecular flexibility index (Phi) is 8.40. The topological polar surface area (TPSA) is 39.5 Å². The molecule has 0 radical (unpaired) electrons. The molecule has 0 spiro atoms. The molecule has 1 aliphatic heterocycles. The van der Waals surface area contributed by atoms with Crippen LogP contribution in [0.2, 0.25) is 5.15 Å². The van der Waals surface area contributed by atoms with Crippen LogP contribution in [0.15, 0.2) is 36.4 Å². The maximum atomic E-state index is 6.89. The maximum absolute atomic E-state index is 6.89. The summed E-state index contributed by atoms with van der Waals surface area (Å²) in [5.41, 5.74) is 6.04. The number of halogens is 1.